The summed E-state index contributed by atoms with van der Waals surface area (Å²) < 4.78 is 5.29. The zero-order valence-corrected chi connectivity index (χ0v) is 12.3. The minimum absolute atomic E-state index is 0.0621. The third-order valence-corrected chi connectivity index (χ3v) is 3.11. The van der Waals surface area contributed by atoms with Crippen molar-refractivity contribution in [1.82, 2.24) is 0 Å². The molecule has 20 heavy (non-hydrogen) atoms. The largest absolute Gasteiger partial charge is 0.464 e. The van der Waals surface area contributed by atoms with Gasteiger partial charge in [-0.3, -0.25) is 10.1 Å². The number of ether oxygens (including phenoxy) is 1. The number of halogens is 1. The molecule has 1 rings (SSSR count). The number of carbonyl (C=O) groups is 1. The van der Waals surface area contributed by atoms with Crippen molar-refractivity contribution in [2.45, 2.75) is 25.8 Å². The number of nitrogens with zero attached hydrogens (tertiary/aromatic N) is 2. The number of carbonyl (C=O) groups excluding carboxylic acids is 1. The van der Waals surface area contributed by atoms with Crippen LogP contribution in [0.15, 0.2) is 27.8 Å². The van der Waals surface area contributed by atoms with Crippen LogP contribution in [0.25, 0.3) is 0 Å². The van der Waals surface area contributed by atoms with Crippen molar-refractivity contribution in [3.05, 3.63) is 43.3 Å². The molecule has 0 amide bonds. The maximum atomic E-state index is 11.4. The Bertz CT molecular complexity index is 521. The molecule has 0 aliphatic carbocycles. The van der Waals surface area contributed by atoms with E-state index in [4.69, 9.17) is 4.74 Å². The van der Waals surface area contributed by atoms with Gasteiger partial charge in [0.15, 0.2) is 6.04 Å². The van der Waals surface area contributed by atoms with Crippen molar-refractivity contribution in [2.24, 2.45) is 5.18 Å². The zero-order chi connectivity index (χ0) is 15.1. The van der Waals surface area contributed by atoms with Gasteiger partial charge in [0.25, 0.3) is 5.69 Å². The first-order valence-electron chi connectivity index (χ1n) is 5.91. The lowest BCUT2D eigenvalue weighted by atomic mass is 10.0. The van der Waals surface area contributed by atoms with E-state index >= 15 is 0 Å². The fraction of sp³-hybridized carbons (Fsp3) is 0.417. The molecule has 8 heteroatoms. The van der Waals surface area contributed by atoms with Gasteiger partial charge in [0.05, 0.1) is 11.5 Å². The van der Waals surface area contributed by atoms with Gasteiger partial charge < -0.3 is 4.74 Å². The highest BCUT2D eigenvalue weighted by atomic mass is 79.9. The molecule has 108 valence electrons. The molecule has 0 aliphatic heterocycles. The molecule has 7 nitrogen and oxygen atoms in total. The molecular formula is C12H13BrN2O5. The van der Waals surface area contributed by atoms with Gasteiger partial charge in [0, 0.05) is 16.1 Å². The van der Waals surface area contributed by atoms with Gasteiger partial charge in [-0.15, -0.1) is 4.91 Å². The number of hydrogen-bond acceptors (Lipinski definition) is 6. The van der Waals surface area contributed by atoms with Crippen LogP contribution in [0.4, 0.5) is 5.69 Å². The summed E-state index contributed by atoms with van der Waals surface area (Å²) in [5.74, 6) is -0.706. The third kappa shape index (κ3) is 4.37. The average molecular weight is 345 g/mol. The number of nitro benzene ring substituents is 1. The van der Waals surface area contributed by atoms with E-state index in [1.54, 1.807) is 19.1 Å². The number of nitro groups is 1. The van der Waals surface area contributed by atoms with Gasteiger partial charge in [-0.25, -0.2) is 4.79 Å². The van der Waals surface area contributed by atoms with E-state index in [0.717, 1.165) is 0 Å². The van der Waals surface area contributed by atoms with Gasteiger partial charge in [-0.05, 0) is 25.8 Å². The van der Waals surface area contributed by atoms with Crippen LogP contribution in [-0.4, -0.2) is 23.5 Å². The summed E-state index contributed by atoms with van der Waals surface area (Å²) in [7, 11) is 0. The quantitative estimate of drug-likeness (QED) is 0.327. The van der Waals surface area contributed by atoms with Gasteiger partial charge in [0.2, 0.25) is 0 Å². The van der Waals surface area contributed by atoms with Gasteiger partial charge in [-0.2, -0.15) is 0 Å². The lowest BCUT2D eigenvalue weighted by molar-refractivity contribution is -0.385. The normalized spacial score (nSPS) is 11.7. The minimum Gasteiger partial charge on any atom is -0.464 e. The summed E-state index contributed by atoms with van der Waals surface area (Å²) in [6.45, 7) is 1.78. The van der Waals surface area contributed by atoms with Crippen molar-refractivity contribution >= 4 is 27.6 Å². The van der Waals surface area contributed by atoms with Crippen molar-refractivity contribution in [3.8, 4) is 0 Å². The number of rotatable bonds is 7. The third-order valence-electron chi connectivity index (χ3n) is 2.62. The summed E-state index contributed by atoms with van der Waals surface area (Å²) in [6.07, 6.45) is 0.267. The smallest absolute Gasteiger partial charge is 0.334 e. The Labute approximate surface area is 123 Å². The van der Waals surface area contributed by atoms with Crippen LogP contribution < -0.4 is 0 Å². The Hall–Kier alpha value is -1.83. The van der Waals surface area contributed by atoms with E-state index in [-0.39, 0.29) is 25.1 Å². The van der Waals surface area contributed by atoms with E-state index in [1.165, 1.54) is 6.07 Å². The predicted molar refractivity (Wildman–Crippen MR) is 75.3 cm³/mol. The fourth-order valence-electron chi connectivity index (χ4n) is 1.66. The number of nitroso groups, excluding NO2 is 1. The molecule has 1 atom stereocenters. The highest BCUT2D eigenvalue weighted by Crippen LogP contribution is 2.25. The standard InChI is InChI=1S/C12H13BrN2O5/c1-2-20-12(16)10(14-17)6-4-8-3-5-9(13)7-11(8)15(18)19/h3,5,7,10H,2,4,6H2,1H3. The van der Waals surface area contributed by atoms with E-state index in [1.807, 2.05) is 0 Å². The summed E-state index contributed by atoms with van der Waals surface area (Å²) in [5, 5.41) is 13.6. The maximum absolute atomic E-state index is 11.4. The molecular weight excluding hydrogens is 332 g/mol. The number of esters is 1. The van der Waals surface area contributed by atoms with Crippen LogP contribution in [0.1, 0.15) is 18.9 Å². The molecule has 0 aromatic heterocycles. The summed E-state index contributed by atoms with van der Waals surface area (Å²) >= 11 is 3.16. The van der Waals surface area contributed by atoms with Crippen LogP contribution in [0.5, 0.6) is 0 Å². The molecule has 1 aromatic rings. The monoisotopic (exact) mass is 344 g/mol. The van der Waals surface area contributed by atoms with Crippen LogP contribution in [-0.2, 0) is 16.0 Å². The minimum atomic E-state index is -1.14. The van der Waals surface area contributed by atoms with E-state index < -0.39 is 16.9 Å². The Kier molecular flexibility index (Phi) is 6.23. The van der Waals surface area contributed by atoms with Crippen LogP contribution in [0.3, 0.4) is 0 Å². The molecule has 0 heterocycles. The van der Waals surface area contributed by atoms with Crippen LogP contribution in [0, 0.1) is 15.0 Å². The molecule has 0 saturated heterocycles. The SMILES string of the molecule is CCOC(=O)C(CCc1ccc(Br)cc1[N+](=O)[O-])N=O. The Balaban J connectivity index is 2.81. The molecule has 0 fully saturated rings. The molecule has 0 bridgehead atoms. The maximum Gasteiger partial charge on any atom is 0.334 e. The van der Waals surface area contributed by atoms with Gasteiger partial charge in [-0.1, -0.05) is 27.2 Å². The second-order valence-corrected chi connectivity index (χ2v) is 4.86. The topological polar surface area (TPSA) is 98.9 Å². The number of aryl methyl sites for hydroxylation is 1. The predicted octanol–water partition coefficient (Wildman–Crippen LogP) is 2.99. The van der Waals surface area contributed by atoms with E-state index in [0.29, 0.717) is 10.0 Å². The van der Waals surface area contributed by atoms with Crippen molar-refractivity contribution in [3.63, 3.8) is 0 Å². The summed E-state index contributed by atoms with van der Waals surface area (Å²) in [6, 6.07) is 3.48. The number of benzene rings is 1. The average Bonchev–Trinajstić information content (AvgIpc) is 2.41. The lowest BCUT2D eigenvalue weighted by Crippen LogP contribution is -2.21. The van der Waals surface area contributed by atoms with E-state index in [2.05, 4.69) is 21.1 Å². The molecule has 0 spiro atoms. The second-order valence-electron chi connectivity index (χ2n) is 3.94. The molecule has 0 aliphatic rings. The number of hydrogen-bond donors (Lipinski definition) is 0. The van der Waals surface area contributed by atoms with Gasteiger partial charge in [0.1, 0.15) is 0 Å². The lowest BCUT2D eigenvalue weighted by Gasteiger charge is -2.08. The first-order chi connectivity index (χ1) is 9.49. The molecule has 1 unspecified atom stereocenters. The van der Waals surface area contributed by atoms with Gasteiger partial charge >= 0.3 is 5.97 Å². The Morgan fingerprint density at radius 3 is 2.80 bits per heavy atom. The highest BCUT2D eigenvalue weighted by Gasteiger charge is 2.22. The molecule has 0 N–H and O–H groups in total. The van der Waals surface area contributed by atoms with Crippen molar-refractivity contribution in [2.75, 3.05) is 6.61 Å². The second kappa shape index (κ2) is 7.68. The Morgan fingerprint density at radius 1 is 1.55 bits per heavy atom. The first-order valence-corrected chi connectivity index (χ1v) is 6.70. The summed E-state index contributed by atoms with van der Waals surface area (Å²) in [5.41, 5.74) is 0.379. The van der Waals surface area contributed by atoms with Crippen molar-refractivity contribution in [1.29, 1.82) is 0 Å². The molecule has 0 radical (unpaired) electrons. The molecule has 1 aromatic carbocycles. The molecule has 0 saturated carbocycles. The highest BCUT2D eigenvalue weighted by molar-refractivity contribution is 9.10. The van der Waals surface area contributed by atoms with Crippen molar-refractivity contribution < 1.29 is 14.5 Å². The van der Waals surface area contributed by atoms with Crippen LogP contribution >= 0.6 is 15.9 Å². The summed E-state index contributed by atoms with van der Waals surface area (Å²) in [4.78, 5) is 32.5. The Morgan fingerprint density at radius 2 is 2.25 bits per heavy atom. The zero-order valence-electron chi connectivity index (χ0n) is 10.7. The first kappa shape index (κ1) is 16.2. The van der Waals surface area contributed by atoms with Crippen LogP contribution in [0.2, 0.25) is 0 Å². The van der Waals surface area contributed by atoms with E-state index in [9.17, 15) is 19.8 Å². The fourth-order valence-corrected chi connectivity index (χ4v) is 2.01.